The van der Waals surface area contributed by atoms with E-state index in [1.807, 2.05) is 33.0 Å². The van der Waals surface area contributed by atoms with Crippen LogP contribution in [0.5, 0.6) is 0 Å². The fraction of sp³-hybridized carbons (Fsp3) is 0.222. The maximum absolute atomic E-state index is 12.3. The minimum atomic E-state index is -0.234. The average molecular weight is 334 g/mol. The van der Waals surface area contributed by atoms with Crippen LogP contribution in [0.2, 0.25) is 0 Å². The number of nitrogens with one attached hydrogen (secondary N) is 2. The zero-order valence-corrected chi connectivity index (χ0v) is 14.3. The molecule has 7 nitrogen and oxygen atoms in total. The molecule has 0 radical (unpaired) electrons. The summed E-state index contributed by atoms with van der Waals surface area (Å²) in [6.07, 6.45) is 0. The van der Waals surface area contributed by atoms with Crippen molar-refractivity contribution in [1.29, 1.82) is 5.26 Å². The number of nitrogens with zero attached hydrogens (tertiary/aromatic N) is 4. The molecule has 25 heavy (non-hydrogen) atoms. The molecule has 0 unspecified atom stereocenters. The van der Waals surface area contributed by atoms with Crippen LogP contribution in [0.25, 0.3) is 11.3 Å². The summed E-state index contributed by atoms with van der Waals surface area (Å²) in [5.41, 5.74) is 5.41. The highest BCUT2D eigenvalue weighted by Crippen LogP contribution is 2.25. The molecule has 2 heterocycles. The number of amides is 1. The molecule has 0 saturated heterocycles. The normalized spacial score (nSPS) is 10.5. The van der Waals surface area contributed by atoms with E-state index in [2.05, 4.69) is 26.7 Å². The molecule has 1 amide bonds. The van der Waals surface area contributed by atoms with Crippen LogP contribution in [0.1, 0.15) is 33.0 Å². The molecule has 0 fully saturated rings. The van der Waals surface area contributed by atoms with Crippen molar-refractivity contribution in [3.8, 4) is 17.3 Å². The summed E-state index contributed by atoms with van der Waals surface area (Å²) in [6, 6.07) is 10.9. The fourth-order valence-electron chi connectivity index (χ4n) is 2.69. The number of carbonyl (C=O) groups is 1. The van der Waals surface area contributed by atoms with Crippen LogP contribution < -0.4 is 5.32 Å². The summed E-state index contributed by atoms with van der Waals surface area (Å²) in [4.78, 5) is 12.3. The highest BCUT2D eigenvalue weighted by molar-refractivity contribution is 5.93. The quantitative estimate of drug-likeness (QED) is 0.764. The van der Waals surface area contributed by atoms with Crippen LogP contribution in [0.4, 0.5) is 0 Å². The van der Waals surface area contributed by atoms with Gasteiger partial charge in [0.25, 0.3) is 5.91 Å². The molecule has 0 aliphatic rings. The second-order valence-electron chi connectivity index (χ2n) is 5.83. The highest BCUT2D eigenvalue weighted by Gasteiger charge is 2.17. The standard InChI is InChI=1S/C18H18N6O/c1-11-17(12(2)24(3)23-11)15-8-16(22-21-15)18(25)20-10-14-6-4-13(9-19)5-7-14/h4-8H,10H2,1-3H3,(H,20,25)(H,21,22). The first kappa shape index (κ1) is 16.5. The molecule has 126 valence electrons. The molecular weight excluding hydrogens is 316 g/mol. The van der Waals surface area contributed by atoms with Crippen LogP contribution in [-0.4, -0.2) is 25.9 Å². The van der Waals surface area contributed by atoms with Gasteiger partial charge in [-0.2, -0.15) is 15.5 Å². The number of H-pyrrole nitrogens is 1. The van der Waals surface area contributed by atoms with E-state index in [0.717, 1.165) is 22.5 Å². The van der Waals surface area contributed by atoms with Crippen molar-refractivity contribution in [2.75, 3.05) is 0 Å². The lowest BCUT2D eigenvalue weighted by atomic mass is 10.1. The Morgan fingerprint density at radius 1 is 1.32 bits per heavy atom. The molecule has 2 aromatic heterocycles. The molecule has 0 atom stereocenters. The molecular formula is C18H18N6O. The molecule has 0 saturated carbocycles. The van der Waals surface area contributed by atoms with Gasteiger partial charge in [-0.1, -0.05) is 12.1 Å². The van der Waals surface area contributed by atoms with Gasteiger partial charge in [0, 0.05) is 24.8 Å². The van der Waals surface area contributed by atoms with Crippen molar-refractivity contribution >= 4 is 5.91 Å². The molecule has 0 bridgehead atoms. The van der Waals surface area contributed by atoms with E-state index in [9.17, 15) is 4.79 Å². The van der Waals surface area contributed by atoms with E-state index in [-0.39, 0.29) is 5.91 Å². The van der Waals surface area contributed by atoms with Gasteiger partial charge in [0.15, 0.2) is 0 Å². The van der Waals surface area contributed by atoms with Gasteiger partial charge in [0.2, 0.25) is 0 Å². The summed E-state index contributed by atoms with van der Waals surface area (Å²) in [5, 5.41) is 23.0. The van der Waals surface area contributed by atoms with Gasteiger partial charge >= 0.3 is 0 Å². The Bertz CT molecular complexity index is 959. The maximum atomic E-state index is 12.3. The van der Waals surface area contributed by atoms with E-state index in [0.29, 0.717) is 23.5 Å². The Hall–Kier alpha value is -3.40. The highest BCUT2D eigenvalue weighted by atomic mass is 16.1. The van der Waals surface area contributed by atoms with Crippen LogP contribution in [-0.2, 0) is 13.6 Å². The lowest BCUT2D eigenvalue weighted by Crippen LogP contribution is -2.23. The van der Waals surface area contributed by atoms with Gasteiger partial charge in [-0.3, -0.25) is 14.6 Å². The first-order valence-electron chi connectivity index (χ1n) is 7.83. The molecule has 3 aromatic rings. The van der Waals surface area contributed by atoms with Crippen molar-refractivity contribution in [2.24, 2.45) is 7.05 Å². The Morgan fingerprint density at radius 2 is 2.04 bits per heavy atom. The molecule has 1 aromatic carbocycles. The number of aromatic nitrogens is 4. The first-order chi connectivity index (χ1) is 12.0. The zero-order valence-electron chi connectivity index (χ0n) is 14.3. The Kier molecular flexibility index (Phi) is 4.35. The first-order valence-corrected chi connectivity index (χ1v) is 7.83. The van der Waals surface area contributed by atoms with Crippen LogP contribution >= 0.6 is 0 Å². The zero-order chi connectivity index (χ0) is 18.0. The van der Waals surface area contributed by atoms with Gasteiger partial charge < -0.3 is 5.32 Å². The van der Waals surface area contributed by atoms with Crippen LogP contribution in [0, 0.1) is 25.2 Å². The van der Waals surface area contributed by atoms with E-state index in [4.69, 9.17) is 5.26 Å². The topological polar surface area (TPSA) is 99.4 Å². The lowest BCUT2D eigenvalue weighted by molar-refractivity contribution is 0.0946. The minimum Gasteiger partial charge on any atom is -0.347 e. The number of aryl methyl sites for hydroxylation is 2. The third-order valence-corrected chi connectivity index (χ3v) is 4.12. The van der Waals surface area contributed by atoms with Gasteiger partial charge in [-0.15, -0.1) is 0 Å². The lowest BCUT2D eigenvalue weighted by Gasteiger charge is -2.03. The van der Waals surface area contributed by atoms with E-state index in [1.54, 1.807) is 22.9 Å². The van der Waals surface area contributed by atoms with Crippen molar-refractivity contribution in [3.05, 3.63) is 58.5 Å². The maximum Gasteiger partial charge on any atom is 0.269 e. The second-order valence-corrected chi connectivity index (χ2v) is 5.83. The third kappa shape index (κ3) is 3.28. The molecule has 7 heteroatoms. The Balaban J connectivity index is 1.71. The van der Waals surface area contributed by atoms with Gasteiger partial charge in [0.05, 0.1) is 23.0 Å². The van der Waals surface area contributed by atoms with Crippen molar-refractivity contribution in [3.63, 3.8) is 0 Å². The number of hydrogen-bond donors (Lipinski definition) is 2. The fourth-order valence-corrected chi connectivity index (χ4v) is 2.69. The average Bonchev–Trinajstić information content (AvgIpc) is 3.18. The molecule has 0 spiro atoms. The van der Waals surface area contributed by atoms with Crippen LogP contribution in [0.3, 0.4) is 0 Å². The largest absolute Gasteiger partial charge is 0.347 e. The van der Waals surface area contributed by atoms with Crippen molar-refractivity contribution in [2.45, 2.75) is 20.4 Å². The minimum absolute atomic E-state index is 0.234. The number of nitriles is 1. The predicted octanol–water partition coefficient (Wildman–Crippen LogP) is 2.23. The number of carbonyl (C=O) groups excluding carboxylic acids is 1. The van der Waals surface area contributed by atoms with Gasteiger partial charge in [-0.05, 0) is 37.6 Å². The number of hydrogen-bond acceptors (Lipinski definition) is 4. The van der Waals surface area contributed by atoms with Crippen LogP contribution in [0.15, 0.2) is 30.3 Å². The summed E-state index contributed by atoms with van der Waals surface area (Å²) in [6.45, 7) is 4.26. The SMILES string of the molecule is Cc1nn(C)c(C)c1-c1cc(C(=O)NCc2ccc(C#N)cc2)[nH]n1. The Labute approximate surface area is 145 Å². The Morgan fingerprint density at radius 3 is 2.64 bits per heavy atom. The molecule has 3 rings (SSSR count). The third-order valence-electron chi connectivity index (χ3n) is 4.12. The summed E-state index contributed by atoms with van der Waals surface area (Å²) in [7, 11) is 1.88. The van der Waals surface area contributed by atoms with E-state index in [1.165, 1.54) is 0 Å². The van der Waals surface area contributed by atoms with Gasteiger partial charge in [-0.25, -0.2) is 0 Å². The van der Waals surface area contributed by atoms with E-state index < -0.39 is 0 Å². The summed E-state index contributed by atoms with van der Waals surface area (Å²) in [5.74, 6) is -0.234. The molecule has 0 aliphatic heterocycles. The van der Waals surface area contributed by atoms with E-state index >= 15 is 0 Å². The number of aromatic amines is 1. The molecule has 0 aliphatic carbocycles. The van der Waals surface area contributed by atoms with Crippen molar-refractivity contribution < 1.29 is 4.79 Å². The monoisotopic (exact) mass is 334 g/mol. The molecule has 2 N–H and O–H groups in total. The number of rotatable bonds is 4. The van der Waals surface area contributed by atoms with Gasteiger partial charge in [0.1, 0.15) is 5.69 Å². The predicted molar refractivity (Wildman–Crippen MR) is 92.6 cm³/mol. The second kappa shape index (κ2) is 6.61. The summed E-state index contributed by atoms with van der Waals surface area (Å²) < 4.78 is 1.80. The smallest absolute Gasteiger partial charge is 0.269 e. The summed E-state index contributed by atoms with van der Waals surface area (Å²) >= 11 is 0. The van der Waals surface area contributed by atoms with Crippen molar-refractivity contribution in [1.82, 2.24) is 25.3 Å². The number of benzene rings is 1.